The molecule has 0 aliphatic carbocycles. The van der Waals surface area contributed by atoms with Crippen molar-refractivity contribution in [3.05, 3.63) is 58.7 Å². The van der Waals surface area contributed by atoms with Crippen molar-refractivity contribution < 1.29 is 9.66 Å². The van der Waals surface area contributed by atoms with Crippen LogP contribution in [-0.4, -0.2) is 18.1 Å². The monoisotopic (exact) mass is 221 g/mol. The van der Waals surface area contributed by atoms with Gasteiger partial charge in [-0.2, -0.15) is 0 Å². The predicted octanol–water partition coefficient (Wildman–Crippen LogP) is 2.60. The van der Waals surface area contributed by atoms with Crippen LogP contribution < -0.4 is 0 Å². The van der Waals surface area contributed by atoms with Gasteiger partial charge in [-0.15, -0.1) is 6.58 Å². The minimum absolute atomic E-state index is 0.207. The molecular weight excluding hydrogens is 206 g/mol. The van der Waals surface area contributed by atoms with Gasteiger partial charge in [0.2, 0.25) is 6.54 Å². The fraction of sp³-hybridized carbons (Fsp3) is 0.333. The molecule has 1 aromatic carbocycles. The first-order valence-corrected chi connectivity index (χ1v) is 5.13. The van der Waals surface area contributed by atoms with Gasteiger partial charge in [0.1, 0.15) is 6.10 Å². The smallest absolute Gasteiger partial charge is 0.233 e. The van der Waals surface area contributed by atoms with E-state index in [9.17, 15) is 10.1 Å². The van der Waals surface area contributed by atoms with Gasteiger partial charge in [-0.05, 0) is 12.0 Å². The molecule has 0 aliphatic heterocycles. The summed E-state index contributed by atoms with van der Waals surface area (Å²) in [5, 5.41) is 10.5. The Labute approximate surface area is 94.7 Å². The zero-order valence-corrected chi connectivity index (χ0v) is 9.04. The summed E-state index contributed by atoms with van der Waals surface area (Å²) in [6, 6.07) is 9.24. The number of nitro groups is 1. The molecule has 86 valence electrons. The van der Waals surface area contributed by atoms with Crippen molar-refractivity contribution in [2.24, 2.45) is 0 Å². The standard InChI is InChI=1S/C12H15NO3/c1-2-3-9-16-12(10-13(14)15)11-7-5-4-6-8-11/h2,4-8,12H,1,3,9-10H2. The third-order valence-corrected chi connectivity index (χ3v) is 2.13. The summed E-state index contributed by atoms with van der Waals surface area (Å²) in [5.74, 6) is 0. The van der Waals surface area contributed by atoms with E-state index in [1.807, 2.05) is 30.3 Å². The van der Waals surface area contributed by atoms with Crippen molar-refractivity contribution in [1.29, 1.82) is 0 Å². The van der Waals surface area contributed by atoms with Crippen molar-refractivity contribution in [1.82, 2.24) is 0 Å². The number of hydrogen-bond donors (Lipinski definition) is 0. The van der Waals surface area contributed by atoms with Crippen LogP contribution in [0.1, 0.15) is 18.1 Å². The topological polar surface area (TPSA) is 52.4 Å². The van der Waals surface area contributed by atoms with Crippen molar-refractivity contribution in [2.45, 2.75) is 12.5 Å². The summed E-state index contributed by atoms with van der Waals surface area (Å²) in [6.45, 7) is 3.83. The number of nitrogens with zero attached hydrogens (tertiary/aromatic N) is 1. The molecule has 1 atom stereocenters. The normalized spacial score (nSPS) is 12.0. The molecule has 1 rings (SSSR count). The van der Waals surface area contributed by atoms with E-state index in [4.69, 9.17) is 4.74 Å². The average Bonchev–Trinajstić information content (AvgIpc) is 2.29. The molecule has 1 aromatic rings. The Morgan fingerprint density at radius 2 is 2.12 bits per heavy atom. The van der Waals surface area contributed by atoms with Crippen LogP contribution in [0.3, 0.4) is 0 Å². The van der Waals surface area contributed by atoms with E-state index in [-0.39, 0.29) is 11.5 Å². The molecule has 1 unspecified atom stereocenters. The summed E-state index contributed by atoms with van der Waals surface area (Å²) in [6.07, 6.45) is 1.95. The Hall–Kier alpha value is -1.68. The van der Waals surface area contributed by atoms with Gasteiger partial charge in [0.05, 0.1) is 6.61 Å². The Morgan fingerprint density at radius 3 is 2.69 bits per heavy atom. The molecule has 0 radical (unpaired) electrons. The summed E-state index contributed by atoms with van der Waals surface area (Å²) in [7, 11) is 0. The van der Waals surface area contributed by atoms with Gasteiger partial charge in [0.25, 0.3) is 0 Å². The first-order chi connectivity index (χ1) is 7.74. The molecule has 0 bridgehead atoms. The molecule has 0 aliphatic rings. The van der Waals surface area contributed by atoms with E-state index in [0.717, 1.165) is 5.56 Å². The predicted molar refractivity (Wildman–Crippen MR) is 61.8 cm³/mol. The lowest BCUT2D eigenvalue weighted by atomic mass is 10.1. The molecule has 0 amide bonds. The van der Waals surface area contributed by atoms with Crippen LogP contribution in [0.25, 0.3) is 0 Å². The molecular formula is C12H15NO3. The summed E-state index contributed by atoms with van der Waals surface area (Å²) < 4.78 is 5.47. The Kier molecular flexibility index (Phi) is 5.22. The minimum Gasteiger partial charge on any atom is -0.366 e. The highest BCUT2D eigenvalue weighted by atomic mass is 16.6. The van der Waals surface area contributed by atoms with E-state index in [2.05, 4.69) is 6.58 Å². The lowest BCUT2D eigenvalue weighted by Gasteiger charge is -2.13. The van der Waals surface area contributed by atoms with Crippen LogP contribution in [-0.2, 0) is 4.74 Å². The van der Waals surface area contributed by atoms with Crippen LogP contribution in [0.15, 0.2) is 43.0 Å². The maximum atomic E-state index is 10.5. The second-order valence-corrected chi connectivity index (χ2v) is 3.36. The zero-order chi connectivity index (χ0) is 11.8. The molecule has 0 saturated carbocycles. The largest absolute Gasteiger partial charge is 0.366 e. The first kappa shape index (κ1) is 12.4. The highest BCUT2D eigenvalue weighted by Crippen LogP contribution is 2.17. The van der Waals surface area contributed by atoms with Crippen LogP contribution >= 0.6 is 0 Å². The average molecular weight is 221 g/mol. The van der Waals surface area contributed by atoms with Gasteiger partial charge in [0, 0.05) is 4.92 Å². The summed E-state index contributed by atoms with van der Waals surface area (Å²) in [4.78, 5) is 10.2. The van der Waals surface area contributed by atoms with Crippen LogP contribution in [0.5, 0.6) is 0 Å². The van der Waals surface area contributed by atoms with Crippen molar-refractivity contribution >= 4 is 0 Å². The van der Waals surface area contributed by atoms with Crippen molar-refractivity contribution in [3.8, 4) is 0 Å². The second-order valence-electron chi connectivity index (χ2n) is 3.36. The van der Waals surface area contributed by atoms with E-state index in [0.29, 0.717) is 13.0 Å². The van der Waals surface area contributed by atoms with Gasteiger partial charge in [-0.3, -0.25) is 10.1 Å². The number of benzene rings is 1. The second kappa shape index (κ2) is 6.74. The van der Waals surface area contributed by atoms with Gasteiger partial charge in [-0.1, -0.05) is 36.4 Å². The van der Waals surface area contributed by atoms with Gasteiger partial charge in [-0.25, -0.2) is 0 Å². The third-order valence-electron chi connectivity index (χ3n) is 2.13. The molecule has 16 heavy (non-hydrogen) atoms. The molecule has 0 saturated heterocycles. The molecule has 0 aromatic heterocycles. The number of rotatable bonds is 7. The lowest BCUT2D eigenvalue weighted by Crippen LogP contribution is -2.16. The molecule has 0 N–H and O–H groups in total. The number of hydrogen-bond acceptors (Lipinski definition) is 3. The SMILES string of the molecule is C=CCCOC(C[N+](=O)[O-])c1ccccc1. The van der Waals surface area contributed by atoms with Crippen LogP contribution in [0, 0.1) is 10.1 Å². The maximum absolute atomic E-state index is 10.5. The Balaban J connectivity index is 2.63. The molecule has 0 heterocycles. The van der Waals surface area contributed by atoms with E-state index < -0.39 is 6.10 Å². The minimum atomic E-state index is -0.476. The fourth-order valence-corrected chi connectivity index (χ4v) is 1.35. The Morgan fingerprint density at radius 1 is 1.44 bits per heavy atom. The van der Waals surface area contributed by atoms with Gasteiger partial charge in [0.15, 0.2) is 0 Å². The molecule has 4 heteroatoms. The highest BCUT2D eigenvalue weighted by Gasteiger charge is 2.17. The number of ether oxygens (including phenoxy) is 1. The quantitative estimate of drug-likeness (QED) is 0.308. The maximum Gasteiger partial charge on any atom is 0.233 e. The van der Waals surface area contributed by atoms with Gasteiger partial charge < -0.3 is 4.74 Å². The first-order valence-electron chi connectivity index (χ1n) is 5.13. The van der Waals surface area contributed by atoms with Crippen LogP contribution in [0.2, 0.25) is 0 Å². The highest BCUT2D eigenvalue weighted by molar-refractivity contribution is 5.17. The van der Waals surface area contributed by atoms with E-state index in [1.54, 1.807) is 6.08 Å². The van der Waals surface area contributed by atoms with E-state index >= 15 is 0 Å². The molecule has 0 fully saturated rings. The lowest BCUT2D eigenvalue weighted by molar-refractivity contribution is -0.492. The Bertz CT molecular complexity index is 337. The zero-order valence-electron chi connectivity index (χ0n) is 9.04. The van der Waals surface area contributed by atoms with Crippen molar-refractivity contribution in [3.63, 3.8) is 0 Å². The van der Waals surface area contributed by atoms with Gasteiger partial charge >= 0.3 is 0 Å². The fourth-order valence-electron chi connectivity index (χ4n) is 1.35. The molecule has 0 spiro atoms. The summed E-state index contributed by atoms with van der Waals surface area (Å²) >= 11 is 0. The summed E-state index contributed by atoms with van der Waals surface area (Å²) in [5.41, 5.74) is 0.836. The van der Waals surface area contributed by atoms with E-state index in [1.165, 1.54) is 0 Å². The molecule has 4 nitrogen and oxygen atoms in total. The third kappa shape index (κ3) is 4.23. The van der Waals surface area contributed by atoms with Crippen molar-refractivity contribution in [2.75, 3.05) is 13.2 Å². The van der Waals surface area contributed by atoms with Crippen LogP contribution in [0.4, 0.5) is 0 Å².